The Morgan fingerprint density at radius 1 is 1.10 bits per heavy atom. The molecule has 0 spiro atoms. The molecule has 10 heteroatoms. The normalized spacial score (nSPS) is 21.5. The Balaban J connectivity index is 1.08. The lowest BCUT2D eigenvalue weighted by molar-refractivity contribution is -0.136. The van der Waals surface area contributed by atoms with Crippen LogP contribution in [0.5, 0.6) is 5.75 Å². The quantitative estimate of drug-likeness (QED) is 0.517. The van der Waals surface area contributed by atoms with E-state index in [0.717, 1.165) is 41.1 Å². The van der Waals surface area contributed by atoms with Gasteiger partial charge in [0.1, 0.15) is 12.4 Å². The topological polar surface area (TPSA) is 112 Å². The molecule has 3 aliphatic heterocycles. The van der Waals surface area contributed by atoms with Crippen LogP contribution in [-0.2, 0) is 9.59 Å². The largest absolute Gasteiger partial charge is 0.487 e. The van der Waals surface area contributed by atoms with Crippen molar-refractivity contribution < 1.29 is 24.0 Å². The van der Waals surface area contributed by atoms with E-state index in [1.165, 1.54) is 5.56 Å². The number of likely N-dealkylation sites (N-methyl/N-ethyl adjacent to an activating group) is 1. The first-order chi connectivity index (χ1) is 19.3. The number of amides is 2. The number of aliphatic hydroxyl groups is 1. The minimum absolute atomic E-state index is 0.000172. The molecule has 4 heterocycles. The SMILES string of the molecule is CCN1c2cc(-c3noc(C4CCN(C(=O)C5CC(=O)N(c6ccc(C)c(C)c6)C5)CC4)n3)ccc2OCC1O. The molecular formula is C30H35N5O5. The van der Waals surface area contributed by atoms with Crippen molar-refractivity contribution in [2.45, 2.75) is 52.2 Å². The number of ether oxygens (including phenoxy) is 1. The highest BCUT2D eigenvalue weighted by atomic mass is 16.5. The molecule has 2 amide bonds. The summed E-state index contributed by atoms with van der Waals surface area (Å²) in [5.41, 5.74) is 4.77. The molecule has 2 unspecified atom stereocenters. The van der Waals surface area contributed by atoms with Gasteiger partial charge in [0.2, 0.25) is 23.5 Å². The van der Waals surface area contributed by atoms with Gasteiger partial charge in [0.05, 0.1) is 11.6 Å². The lowest BCUT2D eigenvalue weighted by atomic mass is 9.95. The van der Waals surface area contributed by atoms with Gasteiger partial charge < -0.3 is 29.1 Å². The molecular weight excluding hydrogens is 510 g/mol. The Morgan fingerprint density at radius 3 is 2.65 bits per heavy atom. The third-order valence-electron chi connectivity index (χ3n) is 8.49. The van der Waals surface area contributed by atoms with E-state index in [2.05, 4.69) is 10.1 Å². The number of rotatable bonds is 5. The number of nitrogens with zero attached hydrogens (tertiary/aromatic N) is 5. The summed E-state index contributed by atoms with van der Waals surface area (Å²) in [6, 6.07) is 11.7. The molecule has 1 aromatic heterocycles. The molecule has 2 aromatic carbocycles. The van der Waals surface area contributed by atoms with E-state index in [0.29, 0.717) is 37.9 Å². The summed E-state index contributed by atoms with van der Waals surface area (Å²) in [6.45, 7) is 8.55. The van der Waals surface area contributed by atoms with Crippen LogP contribution in [0.1, 0.15) is 49.1 Å². The molecule has 10 nitrogen and oxygen atoms in total. The number of hydrogen-bond acceptors (Lipinski definition) is 8. The van der Waals surface area contributed by atoms with E-state index < -0.39 is 6.23 Å². The van der Waals surface area contributed by atoms with Crippen molar-refractivity contribution in [2.24, 2.45) is 5.92 Å². The van der Waals surface area contributed by atoms with Crippen LogP contribution in [-0.4, -0.2) is 71.0 Å². The minimum atomic E-state index is -0.696. The molecule has 0 radical (unpaired) electrons. The van der Waals surface area contributed by atoms with Gasteiger partial charge in [-0.1, -0.05) is 11.2 Å². The van der Waals surface area contributed by atoms with Crippen LogP contribution in [0.2, 0.25) is 0 Å². The number of aromatic nitrogens is 2. The van der Waals surface area contributed by atoms with Crippen LogP contribution < -0.4 is 14.5 Å². The maximum absolute atomic E-state index is 13.3. The van der Waals surface area contributed by atoms with E-state index in [9.17, 15) is 14.7 Å². The number of aryl methyl sites for hydroxylation is 2. The number of fused-ring (bicyclic) bond motifs is 1. The van der Waals surface area contributed by atoms with Crippen LogP contribution in [0.3, 0.4) is 0 Å². The molecule has 210 valence electrons. The molecule has 1 N–H and O–H groups in total. The summed E-state index contributed by atoms with van der Waals surface area (Å²) in [5.74, 6) is 1.57. The second-order valence-corrected chi connectivity index (χ2v) is 11.0. The minimum Gasteiger partial charge on any atom is -0.487 e. The molecule has 0 saturated carbocycles. The fourth-order valence-electron chi connectivity index (χ4n) is 5.94. The van der Waals surface area contributed by atoms with Crippen molar-refractivity contribution in [1.29, 1.82) is 0 Å². The number of aliphatic hydroxyl groups excluding tert-OH is 1. The molecule has 2 fully saturated rings. The Bertz CT molecular complexity index is 1430. The highest BCUT2D eigenvalue weighted by Crippen LogP contribution is 2.37. The van der Waals surface area contributed by atoms with Gasteiger partial charge in [-0.25, -0.2) is 0 Å². The predicted molar refractivity (Wildman–Crippen MR) is 149 cm³/mol. The van der Waals surface area contributed by atoms with Crippen molar-refractivity contribution in [3.8, 4) is 17.1 Å². The van der Waals surface area contributed by atoms with Gasteiger partial charge in [-0.3, -0.25) is 9.59 Å². The van der Waals surface area contributed by atoms with Gasteiger partial charge in [0.15, 0.2) is 6.23 Å². The highest BCUT2D eigenvalue weighted by Gasteiger charge is 2.39. The number of likely N-dealkylation sites (tertiary alicyclic amines) is 1. The van der Waals surface area contributed by atoms with Gasteiger partial charge in [-0.05, 0) is 75.1 Å². The van der Waals surface area contributed by atoms with Crippen LogP contribution >= 0.6 is 0 Å². The zero-order valence-corrected chi connectivity index (χ0v) is 23.2. The molecule has 2 saturated heterocycles. The first-order valence-corrected chi connectivity index (χ1v) is 14.0. The van der Waals surface area contributed by atoms with Crippen molar-refractivity contribution in [3.63, 3.8) is 0 Å². The zero-order valence-electron chi connectivity index (χ0n) is 23.2. The Morgan fingerprint density at radius 2 is 1.90 bits per heavy atom. The maximum Gasteiger partial charge on any atom is 0.230 e. The summed E-state index contributed by atoms with van der Waals surface area (Å²) in [4.78, 5) is 36.3. The van der Waals surface area contributed by atoms with Gasteiger partial charge in [-0.15, -0.1) is 0 Å². The van der Waals surface area contributed by atoms with Gasteiger partial charge >= 0.3 is 0 Å². The van der Waals surface area contributed by atoms with E-state index in [4.69, 9.17) is 9.26 Å². The first kappa shape index (κ1) is 26.3. The molecule has 3 aromatic rings. The lowest BCUT2D eigenvalue weighted by Crippen LogP contribution is -2.42. The monoisotopic (exact) mass is 545 g/mol. The second-order valence-electron chi connectivity index (χ2n) is 11.0. The second kappa shape index (κ2) is 10.6. The van der Waals surface area contributed by atoms with Crippen LogP contribution in [0.25, 0.3) is 11.4 Å². The number of benzene rings is 2. The fraction of sp³-hybridized carbons (Fsp3) is 0.467. The van der Waals surface area contributed by atoms with Crippen LogP contribution in [0.4, 0.5) is 11.4 Å². The summed E-state index contributed by atoms with van der Waals surface area (Å²) in [7, 11) is 0. The third-order valence-corrected chi connectivity index (χ3v) is 8.49. The zero-order chi connectivity index (χ0) is 28.0. The average Bonchev–Trinajstić information content (AvgIpc) is 3.61. The highest BCUT2D eigenvalue weighted by molar-refractivity contribution is 6.00. The molecule has 2 atom stereocenters. The Kier molecular flexibility index (Phi) is 6.95. The lowest BCUT2D eigenvalue weighted by Gasteiger charge is -2.34. The molecule has 6 rings (SSSR count). The summed E-state index contributed by atoms with van der Waals surface area (Å²) < 4.78 is 11.3. The average molecular weight is 546 g/mol. The Labute approximate surface area is 233 Å². The van der Waals surface area contributed by atoms with Crippen molar-refractivity contribution in [3.05, 3.63) is 53.4 Å². The fourth-order valence-corrected chi connectivity index (χ4v) is 5.94. The maximum atomic E-state index is 13.3. The van der Waals surface area contributed by atoms with Crippen LogP contribution in [0, 0.1) is 19.8 Å². The summed E-state index contributed by atoms with van der Waals surface area (Å²) in [5, 5.41) is 14.5. The number of carbonyl (C=O) groups is 2. The smallest absolute Gasteiger partial charge is 0.230 e. The van der Waals surface area contributed by atoms with Gasteiger partial charge in [0.25, 0.3) is 0 Å². The van der Waals surface area contributed by atoms with Crippen LogP contribution in [0.15, 0.2) is 40.9 Å². The number of hydrogen-bond donors (Lipinski definition) is 1. The number of carbonyl (C=O) groups excluding carboxylic acids is 2. The van der Waals surface area contributed by atoms with E-state index in [1.54, 1.807) is 4.90 Å². The van der Waals surface area contributed by atoms with E-state index >= 15 is 0 Å². The number of piperidine rings is 1. The molecule has 3 aliphatic rings. The van der Waals surface area contributed by atoms with E-state index in [-0.39, 0.29) is 36.7 Å². The molecule has 0 aliphatic carbocycles. The van der Waals surface area contributed by atoms with E-state index in [1.807, 2.05) is 67.0 Å². The molecule has 0 bridgehead atoms. The predicted octanol–water partition coefficient (Wildman–Crippen LogP) is 3.65. The van der Waals surface area contributed by atoms with Gasteiger partial charge in [0, 0.05) is 49.8 Å². The Hall–Kier alpha value is -3.92. The van der Waals surface area contributed by atoms with Crippen molar-refractivity contribution in [1.82, 2.24) is 15.0 Å². The molecule has 40 heavy (non-hydrogen) atoms. The standard InChI is InChI=1S/C30H35N5O5/c1-4-34-24-14-21(6-8-25(24)39-17-27(34)37)28-31-29(40-32-28)20-9-11-33(12-10-20)30(38)22-15-26(36)35(16-22)23-7-5-18(2)19(3)13-23/h5-8,13-14,20,22,27,37H,4,9-12,15-17H2,1-3H3. The van der Waals surface area contributed by atoms with Crippen molar-refractivity contribution in [2.75, 3.05) is 42.6 Å². The van der Waals surface area contributed by atoms with Crippen molar-refractivity contribution >= 4 is 23.2 Å². The van der Waals surface area contributed by atoms with Gasteiger partial charge in [-0.2, -0.15) is 4.98 Å². The summed E-state index contributed by atoms with van der Waals surface area (Å²) in [6.07, 6.45) is 1.00. The third kappa shape index (κ3) is 4.81. The summed E-state index contributed by atoms with van der Waals surface area (Å²) >= 11 is 0. The first-order valence-electron chi connectivity index (χ1n) is 14.0. The number of anilines is 2.